The van der Waals surface area contributed by atoms with E-state index in [1.807, 2.05) is 36.4 Å². The number of hydrogen-bond donors (Lipinski definition) is 4. The predicted molar refractivity (Wildman–Crippen MR) is 130 cm³/mol. The quantitative estimate of drug-likeness (QED) is 0.354. The van der Waals surface area contributed by atoms with Crippen molar-refractivity contribution in [1.82, 2.24) is 20.3 Å². The SMILES string of the molecule is COc1cc(C2=C(c3ccnc(NCCNC(=O)CO)n3)N=C(c3ccccc3)C2)cnc1N. The van der Waals surface area contributed by atoms with E-state index in [1.54, 1.807) is 25.6 Å². The number of aliphatic imine (C=N–C) groups is 1. The number of carbonyl (C=O) groups is 1. The molecule has 1 aromatic carbocycles. The van der Waals surface area contributed by atoms with Crippen molar-refractivity contribution >= 4 is 34.7 Å². The monoisotopic (exact) mass is 459 g/mol. The summed E-state index contributed by atoms with van der Waals surface area (Å²) < 4.78 is 5.37. The van der Waals surface area contributed by atoms with E-state index >= 15 is 0 Å². The van der Waals surface area contributed by atoms with E-state index in [1.165, 1.54) is 0 Å². The molecule has 10 heteroatoms. The molecule has 1 amide bonds. The van der Waals surface area contributed by atoms with Gasteiger partial charge in [-0.1, -0.05) is 30.3 Å². The van der Waals surface area contributed by atoms with Crippen molar-refractivity contribution in [2.45, 2.75) is 6.42 Å². The molecule has 0 unspecified atom stereocenters. The molecule has 34 heavy (non-hydrogen) atoms. The van der Waals surface area contributed by atoms with Crippen molar-refractivity contribution < 1.29 is 14.6 Å². The van der Waals surface area contributed by atoms with Gasteiger partial charge in [0, 0.05) is 37.5 Å². The Kier molecular flexibility index (Phi) is 7.09. The molecule has 1 aliphatic rings. The van der Waals surface area contributed by atoms with E-state index in [2.05, 4.69) is 25.6 Å². The number of pyridine rings is 1. The number of amides is 1. The molecule has 3 aromatic rings. The highest BCUT2D eigenvalue weighted by molar-refractivity contribution is 6.16. The zero-order valence-electron chi connectivity index (χ0n) is 18.7. The number of nitrogens with one attached hydrogen (secondary N) is 2. The molecule has 0 spiro atoms. The van der Waals surface area contributed by atoms with Gasteiger partial charge >= 0.3 is 0 Å². The second-order valence-corrected chi connectivity index (χ2v) is 7.44. The summed E-state index contributed by atoms with van der Waals surface area (Å²) in [6, 6.07) is 13.6. The fourth-order valence-electron chi connectivity index (χ4n) is 3.53. The fraction of sp³-hybridized carbons (Fsp3) is 0.208. The number of benzene rings is 1. The van der Waals surface area contributed by atoms with Crippen LogP contribution in [0, 0.1) is 0 Å². The van der Waals surface area contributed by atoms with Gasteiger partial charge in [-0.05, 0) is 23.3 Å². The third-order valence-electron chi connectivity index (χ3n) is 5.21. The summed E-state index contributed by atoms with van der Waals surface area (Å²) >= 11 is 0. The van der Waals surface area contributed by atoms with Gasteiger partial charge in [0.1, 0.15) is 6.61 Å². The lowest BCUT2D eigenvalue weighted by molar-refractivity contribution is -0.123. The van der Waals surface area contributed by atoms with Crippen LogP contribution in [-0.4, -0.2) is 58.5 Å². The summed E-state index contributed by atoms with van der Waals surface area (Å²) in [5.74, 6) is 0.774. The number of nitrogens with zero attached hydrogens (tertiary/aromatic N) is 4. The Morgan fingerprint density at radius 2 is 1.97 bits per heavy atom. The minimum atomic E-state index is -0.546. The number of aliphatic hydroxyl groups excluding tert-OH is 1. The highest BCUT2D eigenvalue weighted by Gasteiger charge is 2.24. The van der Waals surface area contributed by atoms with Crippen LogP contribution in [0.1, 0.15) is 23.2 Å². The molecule has 0 saturated carbocycles. The molecule has 3 heterocycles. The first-order valence-corrected chi connectivity index (χ1v) is 10.7. The van der Waals surface area contributed by atoms with Gasteiger partial charge in [0.2, 0.25) is 11.9 Å². The van der Waals surface area contributed by atoms with Crippen LogP contribution in [0.25, 0.3) is 11.3 Å². The first-order valence-electron chi connectivity index (χ1n) is 10.7. The summed E-state index contributed by atoms with van der Waals surface area (Å²) in [5, 5.41) is 14.4. The Hall–Kier alpha value is -4.31. The molecule has 0 aliphatic carbocycles. The third-order valence-corrected chi connectivity index (χ3v) is 5.21. The van der Waals surface area contributed by atoms with Crippen LogP contribution in [0.3, 0.4) is 0 Å². The Labute approximate surface area is 196 Å². The average Bonchev–Trinajstić information content (AvgIpc) is 3.33. The van der Waals surface area contributed by atoms with Crippen molar-refractivity contribution in [3.63, 3.8) is 0 Å². The normalized spacial score (nSPS) is 12.9. The van der Waals surface area contributed by atoms with Crippen molar-refractivity contribution in [1.29, 1.82) is 0 Å². The Morgan fingerprint density at radius 3 is 2.74 bits per heavy atom. The molecule has 0 fully saturated rings. The number of rotatable bonds is 9. The van der Waals surface area contributed by atoms with Crippen LogP contribution in [-0.2, 0) is 4.79 Å². The van der Waals surface area contributed by atoms with Gasteiger partial charge in [-0.3, -0.25) is 4.79 Å². The number of ether oxygens (including phenoxy) is 1. The van der Waals surface area contributed by atoms with E-state index in [4.69, 9.17) is 20.6 Å². The molecule has 4 rings (SSSR count). The molecule has 1 aliphatic heterocycles. The molecule has 2 aromatic heterocycles. The summed E-state index contributed by atoms with van der Waals surface area (Å²) in [6.07, 6.45) is 3.95. The highest BCUT2D eigenvalue weighted by Crippen LogP contribution is 2.38. The van der Waals surface area contributed by atoms with E-state index in [0.717, 1.165) is 22.4 Å². The molecular formula is C24H25N7O3. The minimum Gasteiger partial charge on any atom is -0.493 e. The number of nitrogen functional groups attached to an aromatic ring is 1. The number of anilines is 2. The molecule has 5 N–H and O–H groups in total. The number of hydrogen-bond acceptors (Lipinski definition) is 9. The molecule has 174 valence electrons. The van der Waals surface area contributed by atoms with Crippen molar-refractivity contribution in [3.8, 4) is 5.75 Å². The topological polar surface area (TPSA) is 148 Å². The van der Waals surface area contributed by atoms with Gasteiger partial charge in [-0.2, -0.15) is 0 Å². The van der Waals surface area contributed by atoms with Gasteiger partial charge in [-0.25, -0.2) is 19.9 Å². The summed E-state index contributed by atoms with van der Waals surface area (Å²) in [6.45, 7) is 0.183. The van der Waals surface area contributed by atoms with Crippen molar-refractivity contribution in [2.24, 2.45) is 4.99 Å². The lowest BCUT2D eigenvalue weighted by Gasteiger charge is -2.10. The average molecular weight is 460 g/mol. The molecule has 0 bridgehead atoms. The molecule has 10 nitrogen and oxygen atoms in total. The fourth-order valence-corrected chi connectivity index (χ4v) is 3.53. The van der Waals surface area contributed by atoms with Crippen LogP contribution in [0.15, 0.2) is 59.9 Å². The smallest absolute Gasteiger partial charge is 0.245 e. The van der Waals surface area contributed by atoms with E-state index < -0.39 is 12.5 Å². The summed E-state index contributed by atoms with van der Waals surface area (Å²) in [4.78, 5) is 29.3. The predicted octanol–water partition coefficient (Wildman–Crippen LogP) is 1.74. The van der Waals surface area contributed by atoms with Gasteiger partial charge in [0.05, 0.1) is 24.2 Å². The Bertz CT molecular complexity index is 1240. The zero-order chi connectivity index (χ0) is 23.9. The number of nitrogens with two attached hydrogens (primary N) is 1. The van der Waals surface area contributed by atoms with Crippen LogP contribution in [0.2, 0.25) is 0 Å². The maximum Gasteiger partial charge on any atom is 0.245 e. The molecular weight excluding hydrogens is 434 g/mol. The third kappa shape index (κ3) is 5.18. The number of aromatic nitrogens is 3. The lowest BCUT2D eigenvalue weighted by Crippen LogP contribution is -2.31. The zero-order valence-corrected chi connectivity index (χ0v) is 18.7. The Balaban J connectivity index is 1.66. The van der Waals surface area contributed by atoms with E-state index in [9.17, 15) is 4.79 Å². The number of carbonyl (C=O) groups excluding carboxylic acids is 1. The maximum absolute atomic E-state index is 11.2. The first kappa shape index (κ1) is 22.9. The lowest BCUT2D eigenvalue weighted by atomic mass is 9.98. The minimum absolute atomic E-state index is 0.317. The number of allylic oxidation sites excluding steroid dienone is 1. The largest absolute Gasteiger partial charge is 0.493 e. The van der Waals surface area contributed by atoms with E-state index in [0.29, 0.717) is 48.4 Å². The molecule has 0 atom stereocenters. The molecule has 0 radical (unpaired) electrons. The number of methoxy groups -OCH3 is 1. The summed E-state index contributed by atoms with van der Waals surface area (Å²) in [5.41, 5.74) is 11.0. The van der Waals surface area contributed by atoms with Gasteiger partial charge in [0.15, 0.2) is 11.6 Å². The second kappa shape index (κ2) is 10.5. The van der Waals surface area contributed by atoms with Crippen LogP contribution < -0.4 is 21.1 Å². The first-order chi connectivity index (χ1) is 16.6. The number of aliphatic hydroxyl groups is 1. The van der Waals surface area contributed by atoms with Crippen LogP contribution >= 0.6 is 0 Å². The van der Waals surface area contributed by atoms with Crippen LogP contribution in [0.4, 0.5) is 11.8 Å². The van der Waals surface area contributed by atoms with Gasteiger partial charge in [-0.15, -0.1) is 0 Å². The standard InChI is InChI=1S/C24H25N7O3/c1-34-20-11-16(13-29-23(20)25)17-12-19(15-5-3-2-4-6-15)30-22(17)18-7-8-27-24(31-18)28-10-9-26-21(33)14-32/h2-8,11,13,32H,9-10,12,14H2,1H3,(H2,25,29)(H,26,33)(H,27,28,31). The van der Waals surface area contributed by atoms with Crippen molar-refractivity contribution in [3.05, 3.63) is 71.7 Å². The van der Waals surface area contributed by atoms with Gasteiger partial charge in [0.25, 0.3) is 0 Å². The molecule has 0 saturated heterocycles. The highest BCUT2D eigenvalue weighted by atomic mass is 16.5. The van der Waals surface area contributed by atoms with Crippen LogP contribution in [0.5, 0.6) is 5.75 Å². The Morgan fingerprint density at radius 1 is 1.15 bits per heavy atom. The maximum atomic E-state index is 11.2. The summed E-state index contributed by atoms with van der Waals surface area (Å²) in [7, 11) is 1.55. The second-order valence-electron chi connectivity index (χ2n) is 7.44. The van der Waals surface area contributed by atoms with Gasteiger partial charge < -0.3 is 26.2 Å². The van der Waals surface area contributed by atoms with E-state index in [-0.39, 0.29) is 0 Å². The van der Waals surface area contributed by atoms with Crippen molar-refractivity contribution in [2.75, 3.05) is 37.9 Å².